The molecule has 0 bridgehead atoms. The topological polar surface area (TPSA) is 134 Å². The molecular formula is C37H22F2N10. The number of nitriles is 2. The van der Waals surface area contributed by atoms with Gasteiger partial charge < -0.3 is 0 Å². The van der Waals surface area contributed by atoms with Gasteiger partial charge in [0.2, 0.25) is 0 Å². The molecule has 0 fully saturated rings. The summed E-state index contributed by atoms with van der Waals surface area (Å²) in [6, 6.07) is 24.8. The molecule has 0 amide bonds. The summed E-state index contributed by atoms with van der Waals surface area (Å²) in [7, 11) is 0. The zero-order valence-corrected chi connectivity index (χ0v) is 25.7. The van der Waals surface area contributed by atoms with Crippen molar-refractivity contribution in [1.29, 1.82) is 10.5 Å². The molecule has 0 spiro atoms. The highest BCUT2D eigenvalue weighted by Crippen LogP contribution is 2.31. The number of rotatable bonds is 4. The van der Waals surface area contributed by atoms with Crippen molar-refractivity contribution in [3.63, 3.8) is 0 Å². The van der Waals surface area contributed by atoms with Crippen molar-refractivity contribution in [3.8, 4) is 57.2 Å². The van der Waals surface area contributed by atoms with Gasteiger partial charge in [-0.2, -0.15) is 10.5 Å². The number of hydrogen-bond donors (Lipinski definition) is 0. The second-order valence-electron chi connectivity index (χ2n) is 10.7. The van der Waals surface area contributed by atoms with E-state index in [1.165, 1.54) is 36.8 Å². The molecule has 0 unspecified atom stereocenters. The average molecular weight is 645 g/mol. The van der Waals surface area contributed by atoms with Gasteiger partial charge in [-0.25, -0.2) is 23.7 Å². The van der Waals surface area contributed by atoms with Crippen LogP contribution in [0.3, 0.4) is 0 Å². The molecule has 0 radical (unpaired) electrons. The van der Waals surface area contributed by atoms with Crippen LogP contribution in [0.15, 0.2) is 116 Å². The highest BCUT2D eigenvalue weighted by Gasteiger charge is 2.14. The first-order valence-corrected chi connectivity index (χ1v) is 14.8. The van der Waals surface area contributed by atoms with Crippen molar-refractivity contribution < 1.29 is 8.78 Å². The van der Waals surface area contributed by atoms with Gasteiger partial charge in [-0.1, -0.05) is 12.1 Å². The van der Waals surface area contributed by atoms with E-state index in [9.17, 15) is 19.3 Å². The number of halogens is 2. The summed E-state index contributed by atoms with van der Waals surface area (Å²) < 4.78 is 30.5. The average Bonchev–Trinajstić information content (AvgIpc) is 3.76. The Morgan fingerprint density at radius 3 is 1.71 bits per heavy atom. The Labute approximate surface area is 277 Å². The molecule has 8 aromatic rings. The van der Waals surface area contributed by atoms with Crippen LogP contribution in [0, 0.1) is 41.2 Å². The zero-order chi connectivity index (χ0) is 33.9. The molecule has 0 atom stereocenters. The molecule has 12 heteroatoms. The lowest BCUT2D eigenvalue weighted by Gasteiger charge is -2.10. The lowest BCUT2D eigenvalue weighted by molar-refractivity contribution is 0.610. The van der Waals surface area contributed by atoms with E-state index in [1.807, 2.05) is 54.9 Å². The number of fused-ring (bicyclic) bond motifs is 2. The molecule has 0 aromatic carbocycles. The molecular weight excluding hydrogens is 622 g/mol. The van der Waals surface area contributed by atoms with Crippen LogP contribution >= 0.6 is 0 Å². The fraction of sp³-hybridized carbons (Fsp3) is 0.0270. The minimum absolute atomic E-state index is 0.325. The largest absolute Gasteiger partial charge is 0.291 e. The van der Waals surface area contributed by atoms with Gasteiger partial charge in [0.25, 0.3) is 0 Å². The molecule has 0 aliphatic rings. The number of imidazole rings is 2. The van der Waals surface area contributed by atoms with Crippen molar-refractivity contribution in [2.24, 2.45) is 0 Å². The van der Waals surface area contributed by atoms with Crippen LogP contribution in [-0.2, 0) is 0 Å². The number of aryl methyl sites for hydroxylation is 1. The van der Waals surface area contributed by atoms with Crippen molar-refractivity contribution >= 4 is 11.3 Å². The second kappa shape index (κ2) is 12.9. The predicted molar refractivity (Wildman–Crippen MR) is 177 cm³/mol. The number of aromatic nitrogens is 8. The zero-order valence-electron chi connectivity index (χ0n) is 25.7. The van der Waals surface area contributed by atoms with Crippen molar-refractivity contribution in [2.75, 3.05) is 0 Å². The highest BCUT2D eigenvalue weighted by molar-refractivity contribution is 5.80. The Bertz CT molecular complexity index is 2590. The van der Waals surface area contributed by atoms with Crippen molar-refractivity contribution in [1.82, 2.24) is 38.7 Å². The Balaban J connectivity index is 0.000000154. The van der Waals surface area contributed by atoms with Crippen LogP contribution in [0.5, 0.6) is 0 Å². The lowest BCUT2D eigenvalue weighted by atomic mass is 10.0. The summed E-state index contributed by atoms with van der Waals surface area (Å²) in [6.45, 7) is 1.62. The predicted octanol–water partition coefficient (Wildman–Crippen LogP) is 7.25. The van der Waals surface area contributed by atoms with E-state index in [4.69, 9.17) is 0 Å². The van der Waals surface area contributed by atoms with Gasteiger partial charge in [0.05, 0.1) is 40.9 Å². The minimum Gasteiger partial charge on any atom is -0.291 e. The van der Waals surface area contributed by atoms with E-state index < -0.39 is 0 Å². The summed E-state index contributed by atoms with van der Waals surface area (Å²) >= 11 is 0. The van der Waals surface area contributed by atoms with Crippen LogP contribution in [0.4, 0.5) is 8.78 Å². The van der Waals surface area contributed by atoms with Gasteiger partial charge >= 0.3 is 0 Å². The Morgan fingerprint density at radius 1 is 0.612 bits per heavy atom. The molecule has 0 aliphatic heterocycles. The fourth-order valence-electron chi connectivity index (χ4n) is 5.34. The van der Waals surface area contributed by atoms with E-state index in [1.54, 1.807) is 40.3 Å². The van der Waals surface area contributed by atoms with Crippen LogP contribution in [0.2, 0.25) is 0 Å². The summed E-state index contributed by atoms with van der Waals surface area (Å²) in [5.41, 5.74) is 8.25. The quantitative estimate of drug-likeness (QED) is 0.196. The van der Waals surface area contributed by atoms with Gasteiger partial charge in [-0.05, 0) is 61.5 Å². The van der Waals surface area contributed by atoms with E-state index in [0.717, 1.165) is 22.3 Å². The highest BCUT2D eigenvalue weighted by atomic mass is 19.1. The molecule has 10 nitrogen and oxygen atoms in total. The maximum Gasteiger partial charge on any atom is 0.144 e. The first-order valence-electron chi connectivity index (χ1n) is 14.8. The Hall–Kier alpha value is -7.18. The number of hydrogen-bond acceptors (Lipinski definition) is 8. The Kier molecular flexibility index (Phi) is 8.03. The SMILES string of the molecule is Cc1nc(-c2ncccc2-c2ccc3ncc(C#N)n3c2)ccc1F.N#Cc1cnc2ccc(-c3cccnc3-c3cc(F)ccn3)cn12. The Morgan fingerprint density at radius 2 is 1.18 bits per heavy atom. The van der Waals surface area contributed by atoms with Gasteiger partial charge in [0.1, 0.15) is 46.5 Å². The minimum atomic E-state index is -0.367. The van der Waals surface area contributed by atoms with Gasteiger partial charge in [-0.3, -0.25) is 23.8 Å². The molecule has 0 aliphatic carbocycles. The third-order valence-corrected chi connectivity index (χ3v) is 7.71. The third kappa shape index (κ3) is 5.93. The van der Waals surface area contributed by atoms with E-state index in [2.05, 4.69) is 42.0 Å². The standard InChI is InChI=1S/C19H12FN5.C18H10FN5/c1-12-16(20)5-6-17(24-12)19-15(3-2-8-22-19)13-4-7-18-23-10-14(9-21)25(18)11-13;19-13-5-7-21-16(8-13)18-15(2-1-6-22-18)12-3-4-17-23-10-14(9-20)24(17)11-12/h2-8,10-11H,1H3;1-8,10-11H. The van der Waals surface area contributed by atoms with Gasteiger partial charge in [0, 0.05) is 59.3 Å². The van der Waals surface area contributed by atoms with E-state index >= 15 is 0 Å². The smallest absolute Gasteiger partial charge is 0.144 e. The van der Waals surface area contributed by atoms with E-state index in [0.29, 0.717) is 51.2 Å². The summed E-state index contributed by atoms with van der Waals surface area (Å²) in [6.07, 6.45) is 11.5. The molecule has 234 valence electrons. The van der Waals surface area contributed by atoms with Crippen LogP contribution in [0.1, 0.15) is 17.1 Å². The molecule has 0 saturated carbocycles. The summed E-state index contributed by atoms with van der Waals surface area (Å²) in [5, 5.41) is 18.4. The summed E-state index contributed by atoms with van der Waals surface area (Å²) in [4.78, 5) is 25.7. The number of nitrogens with zero attached hydrogens (tertiary/aromatic N) is 10. The third-order valence-electron chi connectivity index (χ3n) is 7.71. The number of pyridine rings is 6. The molecule has 0 saturated heterocycles. The van der Waals surface area contributed by atoms with Crippen molar-refractivity contribution in [2.45, 2.75) is 6.92 Å². The van der Waals surface area contributed by atoms with Crippen molar-refractivity contribution in [3.05, 3.63) is 145 Å². The van der Waals surface area contributed by atoms with Crippen LogP contribution in [-0.4, -0.2) is 38.7 Å². The first-order chi connectivity index (χ1) is 23.9. The normalized spacial score (nSPS) is 10.7. The maximum atomic E-state index is 13.5. The summed E-state index contributed by atoms with van der Waals surface area (Å²) in [5.74, 6) is -0.715. The van der Waals surface area contributed by atoms with Gasteiger partial charge in [-0.15, -0.1) is 0 Å². The van der Waals surface area contributed by atoms with E-state index in [-0.39, 0.29) is 11.6 Å². The van der Waals surface area contributed by atoms with Gasteiger partial charge in [0.15, 0.2) is 0 Å². The second-order valence-corrected chi connectivity index (χ2v) is 10.7. The van der Waals surface area contributed by atoms with Crippen LogP contribution in [0.25, 0.3) is 56.3 Å². The lowest BCUT2D eigenvalue weighted by Crippen LogP contribution is -1.96. The monoisotopic (exact) mass is 644 g/mol. The molecule has 8 aromatic heterocycles. The molecule has 49 heavy (non-hydrogen) atoms. The molecule has 8 rings (SSSR count). The first kappa shape index (κ1) is 30.5. The molecule has 0 N–H and O–H groups in total. The van der Waals surface area contributed by atoms with Crippen LogP contribution < -0.4 is 0 Å². The maximum absolute atomic E-state index is 13.5. The fourth-order valence-corrected chi connectivity index (χ4v) is 5.34. The molecule has 8 heterocycles.